The Labute approximate surface area is 365 Å². The number of nitrogens with one attached hydrogen (secondary N) is 2. The number of carbonyl (C=O) groups excluding carboxylic acids is 6. The summed E-state index contributed by atoms with van der Waals surface area (Å²) >= 11 is 18.2. The van der Waals surface area contributed by atoms with E-state index in [1.807, 2.05) is 73.7 Å². The van der Waals surface area contributed by atoms with Crippen molar-refractivity contribution < 1.29 is 28.8 Å². The summed E-state index contributed by atoms with van der Waals surface area (Å²) in [5.41, 5.74) is 8.94. The summed E-state index contributed by atoms with van der Waals surface area (Å²) in [6.07, 6.45) is 4.90. The quantitative estimate of drug-likeness (QED) is 0.154. The van der Waals surface area contributed by atoms with E-state index < -0.39 is 18.0 Å². The van der Waals surface area contributed by atoms with Crippen molar-refractivity contribution in [2.75, 3.05) is 0 Å². The Morgan fingerprint density at radius 2 is 1.17 bits per heavy atom. The highest BCUT2D eigenvalue weighted by Gasteiger charge is 2.40. The van der Waals surface area contributed by atoms with E-state index in [0.29, 0.717) is 83.5 Å². The number of imide groups is 1. The van der Waals surface area contributed by atoms with Crippen molar-refractivity contribution in [3.8, 4) is 0 Å². The van der Waals surface area contributed by atoms with Crippen LogP contribution in [-0.4, -0.2) is 57.2 Å². The maximum atomic E-state index is 12.8. The summed E-state index contributed by atoms with van der Waals surface area (Å²) in [6, 6.07) is 21.8. The first-order valence-electron chi connectivity index (χ1n) is 19.6. The van der Waals surface area contributed by atoms with Gasteiger partial charge in [-0.15, -0.1) is 0 Å². The van der Waals surface area contributed by atoms with E-state index in [-0.39, 0.29) is 43.3 Å². The van der Waals surface area contributed by atoms with Gasteiger partial charge in [-0.25, -0.2) is 0 Å². The molecule has 2 fully saturated rings. The Morgan fingerprint density at radius 1 is 0.650 bits per heavy atom. The van der Waals surface area contributed by atoms with Crippen molar-refractivity contribution in [1.29, 1.82) is 0 Å². The molecule has 0 aliphatic carbocycles. The van der Waals surface area contributed by atoms with E-state index in [1.165, 1.54) is 0 Å². The molecule has 0 spiro atoms. The second-order valence-electron chi connectivity index (χ2n) is 15.5. The zero-order chi connectivity index (χ0) is 42.0. The van der Waals surface area contributed by atoms with E-state index >= 15 is 0 Å². The van der Waals surface area contributed by atoms with Crippen LogP contribution < -0.4 is 10.6 Å². The first-order valence-corrected chi connectivity index (χ1v) is 20.8. The molecule has 4 aromatic rings. The minimum absolute atomic E-state index is 0. The van der Waals surface area contributed by atoms with E-state index in [2.05, 4.69) is 17.2 Å². The van der Waals surface area contributed by atoms with Gasteiger partial charge in [-0.05, 0) is 115 Å². The largest absolute Gasteiger partial charge is 0.329 e. The number of nitrogens with zero attached hydrogens (tertiary/aromatic N) is 2. The maximum absolute atomic E-state index is 12.8. The van der Waals surface area contributed by atoms with Crippen LogP contribution in [0.3, 0.4) is 0 Å². The van der Waals surface area contributed by atoms with Crippen LogP contribution >= 0.6 is 34.8 Å². The summed E-state index contributed by atoms with van der Waals surface area (Å²) in [4.78, 5) is 77.0. The third-order valence-corrected chi connectivity index (χ3v) is 12.5. The van der Waals surface area contributed by atoms with Crippen LogP contribution in [0.2, 0.25) is 15.1 Å². The monoisotopic (exact) mass is 868 g/mol. The van der Waals surface area contributed by atoms with Crippen molar-refractivity contribution >= 4 is 70.1 Å². The highest BCUT2D eigenvalue weighted by Crippen LogP contribution is 2.31. The fraction of sp³-hybridized carbons (Fsp3) is 0.319. The lowest BCUT2D eigenvalue weighted by Crippen LogP contribution is -2.52. The highest BCUT2D eigenvalue weighted by atomic mass is 35.5. The molecule has 0 bridgehead atoms. The first-order chi connectivity index (χ1) is 28.2. The number of aryl methyl sites for hydroxylation is 4. The number of Topliss-reactive ketones (excluding diaryl/α,β-unsaturated/α-hetero) is 1. The SMILES string of the molecule is C.C=C1CCC(N2Cc3cc(CCC(=O)Cc4ccc(C)c(Cl)c4)ccc3C2=O)C(=O)N1.O=C1CCC(N2Cc3cc(CCc4ccc(Cl)c(Cl)c4)ccc3C2=O)C(=O)N1. The number of fused-ring (bicyclic) bond motifs is 2. The normalized spacial score (nSPS) is 18.3. The van der Waals surface area contributed by atoms with Crippen LogP contribution in [0, 0.1) is 6.92 Å². The number of hydrogen-bond donors (Lipinski definition) is 2. The molecule has 0 saturated carbocycles. The minimum atomic E-state index is -0.586. The number of benzene rings is 4. The molecular formula is C47H47Cl3N4O6. The predicted molar refractivity (Wildman–Crippen MR) is 233 cm³/mol. The molecule has 60 heavy (non-hydrogen) atoms. The molecule has 5 amide bonds. The van der Waals surface area contributed by atoms with Crippen LogP contribution in [-0.2, 0) is 58.0 Å². The van der Waals surface area contributed by atoms with Crippen molar-refractivity contribution in [2.45, 2.75) is 97.3 Å². The molecule has 4 aliphatic heterocycles. The summed E-state index contributed by atoms with van der Waals surface area (Å²) in [5.74, 6) is -0.953. The third kappa shape index (κ3) is 10.0. The Balaban J connectivity index is 0.000000199. The zero-order valence-electron chi connectivity index (χ0n) is 32.5. The van der Waals surface area contributed by atoms with Gasteiger partial charge in [0, 0.05) is 54.2 Å². The molecule has 4 heterocycles. The van der Waals surface area contributed by atoms with Crippen LogP contribution in [0.4, 0.5) is 0 Å². The second-order valence-corrected chi connectivity index (χ2v) is 16.7. The Morgan fingerprint density at radius 3 is 1.73 bits per heavy atom. The van der Waals surface area contributed by atoms with Gasteiger partial charge < -0.3 is 15.1 Å². The summed E-state index contributed by atoms with van der Waals surface area (Å²) < 4.78 is 0. The van der Waals surface area contributed by atoms with Gasteiger partial charge in [0.2, 0.25) is 17.7 Å². The number of amides is 5. The standard InChI is InChI=1S/C25H25ClN2O3.C21H18Cl2N2O3.CH4/c1-15-3-5-18(13-22(15)26)12-20(29)8-6-17-7-9-21-19(11-17)14-28(25(21)31)23-10-4-16(2)27-24(23)30;22-16-6-4-13(10-17(16)23)2-1-12-3-5-15-14(9-12)11-25(21(15)28)18-7-8-19(26)24-20(18)27;/h3,5,7,9,11,13,23H,2,4,6,8,10,12,14H2,1H3,(H,27,30);3-6,9-10,18H,1-2,7-8,11H2,(H,24,26,27);1H4. The van der Waals surface area contributed by atoms with E-state index in [9.17, 15) is 28.8 Å². The topological polar surface area (TPSA) is 133 Å². The molecule has 13 heteroatoms. The number of carbonyl (C=O) groups is 6. The van der Waals surface area contributed by atoms with Gasteiger partial charge in [-0.3, -0.25) is 34.1 Å². The van der Waals surface area contributed by atoms with E-state index in [1.54, 1.807) is 15.9 Å². The van der Waals surface area contributed by atoms with Gasteiger partial charge >= 0.3 is 0 Å². The molecule has 0 aromatic heterocycles. The smallest absolute Gasteiger partial charge is 0.255 e. The number of allylic oxidation sites excluding steroid dienone is 1. The molecule has 4 aromatic carbocycles. The molecule has 8 rings (SSSR count). The van der Waals surface area contributed by atoms with Crippen molar-refractivity contribution in [2.24, 2.45) is 0 Å². The third-order valence-electron chi connectivity index (χ3n) is 11.3. The number of rotatable bonds is 10. The number of ketones is 1. The molecule has 2 atom stereocenters. The molecule has 312 valence electrons. The fourth-order valence-corrected chi connectivity index (χ4v) is 8.50. The number of halogens is 3. The summed E-state index contributed by atoms with van der Waals surface area (Å²) in [7, 11) is 0. The van der Waals surface area contributed by atoms with Gasteiger partial charge in [0.05, 0.1) is 10.0 Å². The van der Waals surface area contributed by atoms with Crippen molar-refractivity contribution in [3.63, 3.8) is 0 Å². The lowest BCUT2D eigenvalue weighted by molar-refractivity contribution is -0.137. The molecule has 2 saturated heterocycles. The Bertz CT molecular complexity index is 2410. The molecule has 4 aliphatic rings. The molecule has 0 radical (unpaired) electrons. The van der Waals surface area contributed by atoms with Crippen molar-refractivity contribution in [3.05, 3.63) is 150 Å². The Hall–Kier alpha value is -5.29. The lowest BCUT2D eigenvalue weighted by atomic mass is 9.99. The van der Waals surface area contributed by atoms with E-state index in [0.717, 1.165) is 51.8 Å². The van der Waals surface area contributed by atoms with Crippen LogP contribution in [0.1, 0.15) is 99.2 Å². The van der Waals surface area contributed by atoms with Gasteiger partial charge in [0.1, 0.15) is 17.9 Å². The second kappa shape index (κ2) is 19.0. The fourth-order valence-electron chi connectivity index (χ4n) is 7.98. The highest BCUT2D eigenvalue weighted by molar-refractivity contribution is 6.42. The molecule has 2 unspecified atom stereocenters. The Kier molecular flexibility index (Phi) is 14.0. The average Bonchev–Trinajstić information content (AvgIpc) is 3.70. The number of hydrogen-bond acceptors (Lipinski definition) is 6. The zero-order valence-corrected chi connectivity index (χ0v) is 34.8. The van der Waals surface area contributed by atoms with Crippen LogP contribution in [0.25, 0.3) is 0 Å². The average molecular weight is 870 g/mol. The molecule has 10 nitrogen and oxygen atoms in total. The molecular weight excluding hydrogens is 823 g/mol. The minimum Gasteiger partial charge on any atom is -0.329 e. The number of piperidine rings is 2. The molecule has 2 N–H and O–H groups in total. The maximum Gasteiger partial charge on any atom is 0.255 e. The van der Waals surface area contributed by atoms with Gasteiger partial charge in [0.25, 0.3) is 11.8 Å². The van der Waals surface area contributed by atoms with E-state index in [4.69, 9.17) is 34.8 Å². The van der Waals surface area contributed by atoms with Gasteiger partial charge in [-0.1, -0.05) is 91.3 Å². The first kappa shape index (κ1) is 44.3. The van der Waals surface area contributed by atoms with Crippen molar-refractivity contribution in [1.82, 2.24) is 20.4 Å². The summed E-state index contributed by atoms with van der Waals surface area (Å²) in [5, 5.41) is 6.82. The predicted octanol–water partition coefficient (Wildman–Crippen LogP) is 8.32. The van der Waals surface area contributed by atoms with Crippen LogP contribution in [0.15, 0.2) is 85.1 Å². The van der Waals surface area contributed by atoms with Gasteiger partial charge in [-0.2, -0.15) is 0 Å². The summed E-state index contributed by atoms with van der Waals surface area (Å²) in [6.45, 7) is 6.54. The van der Waals surface area contributed by atoms with Crippen LogP contribution in [0.5, 0.6) is 0 Å². The lowest BCUT2D eigenvalue weighted by Gasteiger charge is -2.30. The van der Waals surface area contributed by atoms with Gasteiger partial charge in [0.15, 0.2) is 0 Å².